The van der Waals surface area contributed by atoms with Crippen molar-refractivity contribution in [2.24, 2.45) is 0 Å². The van der Waals surface area contributed by atoms with Gasteiger partial charge in [0.15, 0.2) is 0 Å². The van der Waals surface area contributed by atoms with Gasteiger partial charge in [-0.25, -0.2) is 4.98 Å². The van der Waals surface area contributed by atoms with E-state index in [1.165, 1.54) is 25.4 Å². The molecule has 0 aliphatic carbocycles. The van der Waals surface area contributed by atoms with Crippen LogP contribution in [0.25, 0.3) is 10.9 Å². The van der Waals surface area contributed by atoms with Crippen LogP contribution < -0.4 is 10.5 Å². The molecule has 176 valence electrons. The topological polar surface area (TPSA) is 86.3 Å². The number of halogens is 4. The predicted molar refractivity (Wildman–Crippen MR) is 121 cm³/mol. The summed E-state index contributed by atoms with van der Waals surface area (Å²) >= 11 is 6.43. The summed E-state index contributed by atoms with van der Waals surface area (Å²) in [4.78, 5) is 16.7. The predicted octanol–water partition coefficient (Wildman–Crippen LogP) is 4.05. The molecule has 34 heavy (non-hydrogen) atoms. The lowest BCUT2D eigenvalue weighted by Gasteiger charge is -2.14. The third kappa shape index (κ3) is 4.65. The number of allylic oxidation sites excluding steroid dienone is 1. The average Bonchev–Trinajstić information content (AvgIpc) is 3.43. The molecule has 1 aliphatic heterocycles. The number of carbonyl (C=O) groups excluding carboxylic acids is 1. The average molecular weight is 490 g/mol. The second-order valence-corrected chi connectivity index (χ2v) is 8.03. The van der Waals surface area contributed by atoms with Crippen molar-refractivity contribution >= 4 is 34.6 Å². The smallest absolute Gasteiger partial charge is 0.416 e. The fourth-order valence-corrected chi connectivity index (χ4v) is 4.08. The Morgan fingerprint density at radius 2 is 2.09 bits per heavy atom. The molecule has 0 amide bonds. The van der Waals surface area contributed by atoms with Crippen LogP contribution in [0, 0.1) is 11.8 Å². The van der Waals surface area contributed by atoms with E-state index < -0.39 is 11.7 Å². The number of likely N-dealkylation sites (tertiary alicyclic amines) is 1. The Morgan fingerprint density at radius 3 is 2.79 bits per heavy atom. The zero-order valence-electron chi connectivity index (χ0n) is 17.9. The highest BCUT2D eigenvalue weighted by Crippen LogP contribution is 2.35. The fraction of sp³-hybridized carbons (Fsp3) is 0.261. The number of pyridine rings is 1. The molecule has 0 radical (unpaired) electrons. The van der Waals surface area contributed by atoms with Crippen molar-refractivity contribution < 1.29 is 22.7 Å². The minimum absolute atomic E-state index is 0.0353. The summed E-state index contributed by atoms with van der Waals surface area (Å²) in [5, 5.41) is 5.36. The Labute approximate surface area is 197 Å². The van der Waals surface area contributed by atoms with E-state index in [-0.39, 0.29) is 28.9 Å². The van der Waals surface area contributed by atoms with E-state index in [4.69, 9.17) is 22.1 Å². The van der Waals surface area contributed by atoms with Crippen LogP contribution in [0.3, 0.4) is 0 Å². The van der Waals surface area contributed by atoms with Crippen molar-refractivity contribution in [3.8, 4) is 17.6 Å². The Hall–Kier alpha value is -3.71. The highest BCUT2D eigenvalue weighted by molar-refractivity contribution is 6.35. The number of aldehydes is 1. The molecule has 2 aromatic heterocycles. The number of rotatable bonds is 4. The van der Waals surface area contributed by atoms with Gasteiger partial charge in [-0.1, -0.05) is 17.5 Å². The van der Waals surface area contributed by atoms with Gasteiger partial charge in [0.1, 0.15) is 23.5 Å². The van der Waals surface area contributed by atoms with Crippen molar-refractivity contribution in [1.29, 1.82) is 0 Å². The number of methoxy groups -OCH3 is 1. The molecular weight excluding hydrogens is 471 g/mol. The van der Waals surface area contributed by atoms with Crippen molar-refractivity contribution in [2.45, 2.75) is 18.6 Å². The molecule has 1 unspecified atom stereocenters. The molecule has 2 N–H and O–H groups in total. The van der Waals surface area contributed by atoms with Crippen molar-refractivity contribution in [3.63, 3.8) is 0 Å². The van der Waals surface area contributed by atoms with Crippen molar-refractivity contribution in [3.05, 3.63) is 58.5 Å². The summed E-state index contributed by atoms with van der Waals surface area (Å²) in [7, 11) is 1.28. The van der Waals surface area contributed by atoms with Crippen LogP contribution in [0.1, 0.15) is 29.3 Å². The van der Waals surface area contributed by atoms with Crippen LogP contribution in [-0.4, -0.2) is 46.1 Å². The minimum atomic E-state index is -4.55. The summed E-state index contributed by atoms with van der Waals surface area (Å²) in [5.74, 6) is 5.76. The van der Waals surface area contributed by atoms with Gasteiger partial charge >= 0.3 is 6.18 Å². The van der Waals surface area contributed by atoms with E-state index in [0.29, 0.717) is 35.3 Å². The second kappa shape index (κ2) is 9.27. The Bertz CT molecular complexity index is 1340. The third-order valence-corrected chi connectivity index (χ3v) is 5.70. The number of nitrogens with two attached hydrogens (primary N) is 1. The van der Waals surface area contributed by atoms with E-state index in [1.807, 2.05) is 4.90 Å². The van der Waals surface area contributed by atoms with Gasteiger partial charge in [0.25, 0.3) is 0 Å². The number of anilines is 1. The quantitative estimate of drug-likeness (QED) is 0.338. The highest BCUT2D eigenvalue weighted by Gasteiger charge is 2.31. The van der Waals surface area contributed by atoms with E-state index in [1.54, 1.807) is 10.9 Å². The van der Waals surface area contributed by atoms with Gasteiger partial charge in [0, 0.05) is 24.9 Å². The zero-order valence-corrected chi connectivity index (χ0v) is 18.7. The summed E-state index contributed by atoms with van der Waals surface area (Å²) in [5.41, 5.74) is 6.14. The maximum atomic E-state index is 13.3. The standard InChI is InChI=1S/C23H19ClF3N5O2/c1-34-17-10-14(9-15(11-17)23(25,26)27)3-4-19-20-21(18(24)12-29-22(20)28)32(30-19)16-5-7-31(13-16)6-2-8-33/h2,6,8-12,16H,5,7,13H2,1H3,(H2,28,29). The summed E-state index contributed by atoms with van der Waals surface area (Å²) < 4.78 is 46.5. The minimum Gasteiger partial charge on any atom is -0.497 e. The maximum absolute atomic E-state index is 13.3. The van der Waals surface area contributed by atoms with Crippen LogP contribution in [0.2, 0.25) is 5.02 Å². The number of ether oxygens (including phenoxy) is 1. The molecule has 1 aromatic carbocycles. The molecular formula is C23H19ClF3N5O2. The molecule has 4 rings (SSSR count). The highest BCUT2D eigenvalue weighted by atomic mass is 35.5. The van der Waals surface area contributed by atoms with E-state index >= 15 is 0 Å². The number of hydrogen-bond acceptors (Lipinski definition) is 6. The van der Waals surface area contributed by atoms with E-state index in [2.05, 4.69) is 21.9 Å². The summed E-state index contributed by atoms with van der Waals surface area (Å²) in [6.45, 7) is 1.29. The Morgan fingerprint density at radius 1 is 1.29 bits per heavy atom. The Kier molecular flexibility index (Phi) is 6.39. The lowest BCUT2D eigenvalue weighted by molar-refractivity contribution is -0.137. The molecule has 1 fully saturated rings. The number of alkyl halides is 3. The summed E-state index contributed by atoms with van der Waals surface area (Å²) in [6, 6.07) is 3.17. The van der Waals surface area contributed by atoms with Gasteiger partial charge in [-0.3, -0.25) is 9.48 Å². The first kappa shape index (κ1) is 23.4. The molecule has 3 aromatic rings. The molecule has 1 aliphatic rings. The van der Waals surface area contributed by atoms with Crippen LogP contribution in [0.15, 0.2) is 36.7 Å². The molecule has 7 nitrogen and oxygen atoms in total. The SMILES string of the molecule is COc1cc(C#Cc2nn(C3CCN(C=CC=O)C3)c3c(Cl)cnc(N)c23)cc(C(F)(F)F)c1. The van der Waals surface area contributed by atoms with Crippen LogP contribution in [0.5, 0.6) is 5.75 Å². The molecule has 1 saturated heterocycles. The number of aromatic nitrogens is 3. The van der Waals surface area contributed by atoms with Crippen molar-refractivity contribution in [2.75, 3.05) is 25.9 Å². The van der Waals surface area contributed by atoms with E-state index in [0.717, 1.165) is 18.6 Å². The molecule has 1 atom stereocenters. The van der Waals surface area contributed by atoms with Crippen LogP contribution in [0.4, 0.5) is 19.0 Å². The maximum Gasteiger partial charge on any atom is 0.416 e. The molecule has 11 heteroatoms. The van der Waals surface area contributed by atoms with Crippen LogP contribution >= 0.6 is 11.6 Å². The number of hydrogen-bond donors (Lipinski definition) is 1. The van der Waals surface area contributed by atoms with Crippen molar-refractivity contribution in [1.82, 2.24) is 19.7 Å². The normalized spacial score (nSPS) is 16.1. The molecule has 0 saturated carbocycles. The first-order valence-corrected chi connectivity index (χ1v) is 10.6. The van der Waals surface area contributed by atoms with Gasteiger partial charge < -0.3 is 15.4 Å². The second-order valence-electron chi connectivity index (χ2n) is 7.62. The molecule has 3 heterocycles. The zero-order chi connectivity index (χ0) is 24.5. The number of carbonyl (C=O) groups is 1. The van der Waals surface area contributed by atoms with Gasteiger partial charge in [0.05, 0.1) is 40.8 Å². The third-order valence-electron chi connectivity index (χ3n) is 5.42. The first-order chi connectivity index (χ1) is 16.2. The molecule has 0 spiro atoms. The summed E-state index contributed by atoms with van der Waals surface area (Å²) in [6.07, 6.45) is 1.43. The number of nitrogen functional groups attached to an aromatic ring is 1. The van der Waals surface area contributed by atoms with Gasteiger partial charge in [-0.2, -0.15) is 18.3 Å². The van der Waals surface area contributed by atoms with E-state index in [9.17, 15) is 18.0 Å². The monoisotopic (exact) mass is 489 g/mol. The molecule has 0 bridgehead atoms. The lowest BCUT2D eigenvalue weighted by Crippen LogP contribution is -2.16. The first-order valence-electron chi connectivity index (χ1n) is 10.2. The van der Waals surface area contributed by atoms with Gasteiger partial charge in [0.2, 0.25) is 0 Å². The van der Waals surface area contributed by atoms with Crippen LogP contribution in [-0.2, 0) is 11.0 Å². The number of nitrogens with zero attached hydrogens (tertiary/aromatic N) is 4. The largest absolute Gasteiger partial charge is 0.497 e. The van der Waals surface area contributed by atoms with Gasteiger partial charge in [-0.15, -0.1) is 0 Å². The fourth-order valence-electron chi connectivity index (χ4n) is 3.85. The lowest BCUT2D eigenvalue weighted by atomic mass is 10.1. The number of benzene rings is 1. The number of fused-ring (bicyclic) bond motifs is 1. The van der Waals surface area contributed by atoms with Gasteiger partial charge in [-0.05, 0) is 36.6 Å². The Balaban J connectivity index is 1.79.